The summed E-state index contributed by atoms with van der Waals surface area (Å²) in [5.41, 5.74) is -0.275. The lowest BCUT2D eigenvalue weighted by Crippen LogP contribution is -2.66. The maximum Gasteiger partial charge on any atom is 0.507 e. The fraction of sp³-hybridized carbons (Fsp3) is 0.950. The summed E-state index contributed by atoms with van der Waals surface area (Å²) in [6.45, 7) is 7.08. The van der Waals surface area contributed by atoms with Crippen LogP contribution in [0.1, 0.15) is 59.3 Å². The van der Waals surface area contributed by atoms with Gasteiger partial charge in [0.25, 0.3) is 0 Å². The van der Waals surface area contributed by atoms with Crippen LogP contribution >= 0.6 is 0 Å². The quantitative estimate of drug-likeness (QED) is 0.554. The van der Waals surface area contributed by atoms with Crippen LogP contribution in [0.25, 0.3) is 0 Å². The maximum absolute atomic E-state index is 11.1. The largest absolute Gasteiger partial charge is 0.507 e. The molecule has 0 aromatic carbocycles. The summed E-state index contributed by atoms with van der Waals surface area (Å²) in [6.07, 6.45) is 5.36. The van der Waals surface area contributed by atoms with Gasteiger partial charge in [0.15, 0.2) is 12.1 Å². The molecule has 0 aromatic heterocycles. The van der Waals surface area contributed by atoms with E-state index < -0.39 is 11.9 Å². The van der Waals surface area contributed by atoms with Crippen molar-refractivity contribution in [3.05, 3.63) is 0 Å². The van der Waals surface area contributed by atoms with Crippen molar-refractivity contribution < 1.29 is 28.5 Å². The van der Waals surface area contributed by atoms with E-state index in [-0.39, 0.29) is 18.0 Å². The SMILES string of the molecule is COC(=O)OCCC[C@H]1O[C@@H]2O[C@]3(C)CC[C@H]4[C@H](C)CC[C@@H]([C@H]1C)[C@@]24O3. The monoisotopic (exact) mass is 368 g/mol. The molecule has 3 aliphatic heterocycles. The van der Waals surface area contributed by atoms with Gasteiger partial charge in [-0.25, -0.2) is 4.79 Å². The van der Waals surface area contributed by atoms with Gasteiger partial charge in [-0.2, -0.15) is 0 Å². The van der Waals surface area contributed by atoms with Crippen LogP contribution in [0, 0.1) is 23.7 Å². The molecule has 8 atom stereocenters. The lowest BCUT2D eigenvalue weighted by atomic mass is 9.56. The average molecular weight is 368 g/mol. The van der Waals surface area contributed by atoms with Crippen molar-refractivity contribution in [3.8, 4) is 0 Å². The molecule has 0 amide bonds. The van der Waals surface area contributed by atoms with Crippen LogP contribution in [0.5, 0.6) is 0 Å². The molecule has 0 unspecified atom stereocenters. The zero-order valence-electron chi connectivity index (χ0n) is 16.4. The van der Waals surface area contributed by atoms with Crippen LogP contribution in [0.15, 0.2) is 0 Å². The molecule has 4 aliphatic rings. The summed E-state index contributed by atoms with van der Waals surface area (Å²) < 4.78 is 29.0. The summed E-state index contributed by atoms with van der Waals surface area (Å²) in [4.78, 5) is 11.1. The molecule has 6 nitrogen and oxygen atoms in total. The number of rotatable bonds is 4. The Morgan fingerprint density at radius 1 is 1.19 bits per heavy atom. The number of hydrogen-bond donors (Lipinski definition) is 0. The van der Waals surface area contributed by atoms with Crippen LogP contribution in [-0.2, 0) is 23.7 Å². The van der Waals surface area contributed by atoms with Gasteiger partial charge in [-0.05, 0) is 62.7 Å². The maximum atomic E-state index is 11.1. The second-order valence-electron chi connectivity index (χ2n) is 8.82. The Bertz CT molecular complexity index is 552. The smallest absolute Gasteiger partial charge is 0.438 e. The Labute approximate surface area is 155 Å². The minimum atomic E-state index is -0.625. The lowest BCUT2D eigenvalue weighted by molar-refractivity contribution is -0.289. The molecule has 3 saturated heterocycles. The summed E-state index contributed by atoms with van der Waals surface area (Å²) >= 11 is 0. The van der Waals surface area contributed by atoms with Gasteiger partial charge < -0.3 is 23.7 Å². The molecule has 148 valence electrons. The lowest BCUT2D eigenvalue weighted by Gasteiger charge is -2.58. The molecule has 1 saturated carbocycles. The van der Waals surface area contributed by atoms with Gasteiger partial charge in [0.2, 0.25) is 0 Å². The van der Waals surface area contributed by atoms with Crippen molar-refractivity contribution in [2.75, 3.05) is 13.7 Å². The number of carbonyl (C=O) groups is 1. The Morgan fingerprint density at radius 2 is 2.00 bits per heavy atom. The van der Waals surface area contributed by atoms with Crippen molar-refractivity contribution in [1.82, 2.24) is 0 Å². The highest BCUT2D eigenvalue weighted by atomic mass is 16.8. The number of hydrogen-bond acceptors (Lipinski definition) is 6. The van der Waals surface area contributed by atoms with Gasteiger partial charge >= 0.3 is 6.16 Å². The molecule has 0 N–H and O–H groups in total. The summed E-state index contributed by atoms with van der Waals surface area (Å²) in [6, 6.07) is 0. The number of carbonyl (C=O) groups excluding carboxylic acids is 1. The minimum absolute atomic E-state index is 0.109. The van der Waals surface area contributed by atoms with E-state index >= 15 is 0 Å². The first kappa shape index (κ1) is 18.5. The first-order valence-corrected chi connectivity index (χ1v) is 10.1. The molecule has 26 heavy (non-hydrogen) atoms. The van der Waals surface area contributed by atoms with Gasteiger partial charge in [0.05, 0.1) is 19.8 Å². The fourth-order valence-corrected chi connectivity index (χ4v) is 6.07. The van der Waals surface area contributed by atoms with E-state index in [2.05, 4.69) is 25.5 Å². The van der Waals surface area contributed by atoms with E-state index in [1.54, 1.807) is 0 Å². The molecule has 0 aromatic rings. The Balaban J connectivity index is 1.48. The minimum Gasteiger partial charge on any atom is -0.438 e. The van der Waals surface area contributed by atoms with Crippen molar-refractivity contribution in [1.29, 1.82) is 0 Å². The van der Waals surface area contributed by atoms with Crippen molar-refractivity contribution in [2.24, 2.45) is 23.7 Å². The third kappa shape index (κ3) is 2.76. The fourth-order valence-electron chi connectivity index (χ4n) is 6.07. The van der Waals surface area contributed by atoms with Gasteiger partial charge in [-0.1, -0.05) is 13.8 Å². The Hall–Kier alpha value is -0.850. The van der Waals surface area contributed by atoms with E-state index in [9.17, 15) is 4.79 Å². The predicted molar refractivity (Wildman–Crippen MR) is 93.3 cm³/mol. The van der Waals surface area contributed by atoms with Gasteiger partial charge in [0.1, 0.15) is 5.60 Å². The highest BCUT2D eigenvalue weighted by molar-refractivity contribution is 5.59. The number of methoxy groups -OCH3 is 1. The van der Waals surface area contributed by atoms with E-state index in [1.807, 2.05) is 0 Å². The molecule has 0 radical (unpaired) electrons. The first-order chi connectivity index (χ1) is 12.4. The molecule has 2 bridgehead atoms. The standard InChI is InChI=1S/C20H32O6/c1-12-7-8-15-13(2)16(6-5-11-23-18(21)22-4)24-17-20(15)14(12)9-10-19(3,25-17)26-20/h12-17H,5-11H2,1-4H3/t12-,13-,14+,15+,16-,17-,19+,20-/m1/s1. The molecular weight excluding hydrogens is 336 g/mol. The zero-order chi connectivity index (χ0) is 18.5. The number of ether oxygens (including phenoxy) is 5. The third-order valence-electron chi connectivity index (χ3n) is 7.34. The van der Waals surface area contributed by atoms with Gasteiger partial charge in [-0.3, -0.25) is 0 Å². The highest BCUT2D eigenvalue weighted by Gasteiger charge is 2.71. The summed E-state index contributed by atoms with van der Waals surface area (Å²) in [7, 11) is 1.32. The van der Waals surface area contributed by atoms with E-state index in [1.165, 1.54) is 26.4 Å². The Kier molecular flexibility index (Phi) is 4.73. The van der Waals surface area contributed by atoms with Crippen LogP contribution in [0.2, 0.25) is 0 Å². The number of fused-ring (bicyclic) bond motifs is 1. The van der Waals surface area contributed by atoms with Crippen LogP contribution < -0.4 is 0 Å². The molecular formula is C20H32O6. The molecule has 6 heteroatoms. The van der Waals surface area contributed by atoms with Crippen molar-refractivity contribution in [3.63, 3.8) is 0 Å². The van der Waals surface area contributed by atoms with E-state index in [4.69, 9.17) is 18.9 Å². The van der Waals surface area contributed by atoms with Crippen molar-refractivity contribution in [2.45, 2.75) is 83.1 Å². The Morgan fingerprint density at radius 3 is 2.77 bits per heavy atom. The molecule has 1 spiro atoms. The zero-order valence-corrected chi connectivity index (χ0v) is 16.4. The second kappa shape index (κ2) is 6.64. The van der Waals surface area contributed by atoms with Crippen molar-refractivity contribution >= 4 is 6.16 Å². The van der Waals surface area contributed by atoms with Crippen LogP contribution in [-0.4, -0.2) is 43.7 Å². The van der Waals surface area contributed by atoms with E-state index in [0.717, 1.165) is 19.3 Å². The highest BCUT2D eigenvalue weighted by Crippen LogP contribution is 2.63. The molecule has 4 fully saturated rings. The van der Waals surface area contributed by atoms with Crippen LogP contribution in [0.3, 0.4) is 0 Å². The summed E-state index contributed by atoms with van der Waals surface area (Å²) in [5, 5.41) is 0. The normalized spacial score (nSPS) is 49.4. The van der Waals surface area contributed by atoms with Gasteiger partial charge in [0, 0.05) is 6.42 Å². The molecule has 4 rings (SSSR count). The van der Waals surface area contributed by atoms with Gasteiger partial charge in [-0.15, -0.1) is 0 Å². The third-order valence-corrected chi connectivity index (χ3v) is 7.34. The topological polar surface area (TPSA) is 63.2 Å². The molecule has 3 heterocycles. The molecule has 1 aliphatic carbocycles. The summed E-state index contributed by atoms with van der Waals surface area (Å²) in [5.74, 6) is 1.55. The van der Waals surface area contributed by atoms with E-state index in [0.29, 0.717) is 30.3 Å². The first-order valence-electron chi connectivity index (χ1n) is 10.1. The second-order valence-corrected chi connectivity index (χ2v) is 8.82. The van der Waals surface area contributed by atoms with Crippen LogP contribution in [0.4, 0.5) is 4.79 Å². The average Bonchev–Trinajstić information content (AvgIpc) is 2.83. The predicted octanol–water partition coefficient (Wildman–Crippen LogP) is 3.87.